The van der Waals surface area contributed by atoms with E-state index in [-0.39, 0.29) is 6.04 Å². The lowest BCUT2D eigenvalue weighted by molar-refractivity contribution is 0.592. The first kappa shape index (κ1) is 15.5. The second kappa shape index (κ2) is 6.29. The van der Waals surface area contributed by atoms with Crippen molar-refractivity contribution in [2.45, 2.75) is 33.7 Å². The third-order valence-corrected chi connectivity index (χ3v) is 4.44. The van der Waals surface area contributed by atoms with E-state index in [9.17, 15) is 0 Å². The van der Waals surface area contributed by atoms with E-state index in [4.69, 9.17) is 11.6 Å². The van der Waals surface area contributed by atoms with Crippen LogP contribution in [0.3, 0.4) is 0 Å². The van der Waals surface area contributed by atoms with Crippen molar-refractivity contribution >= 4 is 27.5 Å². The van der Waals surface area contributed by atoms with Gasteiger partial charge in [0.15, 0.2) is 0 Å². The molecule has 1 aromatic heterocycles. The molecule has 1 N–H and O–H groups in total. The molecule has 0 saturated heterocycles. The summed E-state index contributed by atoms with van der Waals surface area (Å²) in [5.41, 5.74) is 4.08. The fraction of sp³-hybridized carbons (Fsp3) is 0.400. The molecule has 0 saturated carbocycles. The zero-order valence-electron chi connectivity index (χ0n) is 12.2. The molecule has 2 aromatic rings. The molecule has 0 aliphatic rings. The maximum absolute atomic E-state index is 6.27. The highest BCUT2D eigenvalue weighted by Gasteiger charge is 2.16. The predicted octanol–water partition coefficient (Wildman–Crippen LogP) is 4.58. The number of halogens is 2. The van der Waals surface area contributed by atoms with E-state index in [1.165, 1.54) is 5.56 Å². The highest BCUT2D eigenvalue weighted by molar-refractivity contribution is 9.10. The normalized spacial score (nSPS) is 12.7. The Bertz CT molecular complexity index is 622. The van der Waals surface area contributed by atoms with Crippen LogP contribution in [0.2, 0.25) is 5.02 Å². The van der Waals surface area contributed by atoms with Gasteiger partial charge in [-0.15, -0.1) is 0 Å². The summed E-state index contributed by atoms with van der Waals surface area (Å²) in [5, 5.41) is 8.73. The molecule has 2 rings (SSSR count). The first-order chi connectivity index (χ1) is 9.45. The first-order valence-corrected chi connectivity index (χ1v) is 7.87. The molecule has 3 nitrogen and oxygen atoms in total. The molecule has 1 unspecified atom stereocenters. The van der Waals surface area contributed by atoms with Crippen LogP contribution in [0.15, 0.2) is 22.7 Å². The number of rotatable bonds is 4. The molecule has 1 aromatic carbocycles. The Labute approximate surface area is 133 Å². The standard InChI is InChI=1S/C15H19BrClN3/c1-5-18-9(2)13-7-6-12(16)8-14(13)20-11(4)15(17)10(3)19-20/h6-9,18H,5H2,1-4H3. The lowest BCUT2D eigenvalue weighted by atomic mass is 10.1. The minimum atomic E-state index is 0.255. The fourth-order valence-corrected chi connectivity index (χ4v) is 2.81. The van der Waals surface area contributed by atoms with Crippen LogP contribution in [0.4, 0.5) is 0 Å². The molecule has 0 radical (unpaired) electrons. The van der Waals surface area contributed by atoms with Crippen LogP contribution in [-0.2, 0) is 0 Å². The summed E-state index contributed by atoms with van der Waals surface area (Å²) in [7, 11) is 0. The Hall–Kier alpha value is -0.840. The Morgan fingerprint density at radius 3 is 2.65 bits per heavy atom. The molecular formula is C15H19BrClN3. The summed E-state index contributed by atoms with van der Waals surface area (Å²) in [6.07, 6.45) is 0. The van der Waals surface area contributed by atoms with Gasteiger partial charge in [0.05, 0.1) is 22.1 Å². The van der Waals surface area contributed by atoms with Crippen LogP contribution >= 0.6 is 27.5 Å². The number of nitrogens with zero attached hydrogens (tertiary/aromatic N) is 2. The average molecular weight is 357 g/mol. The van der Waals surface area contributed by atoms with Gasteiger partial charge in [-0.2, -0.15) is 5.10 Å². The van der Waals surface area contributed by atoms with Crippen LogP contribution in [0.1, 0.15) is 36.8 Å². The van der Waals surface area contributed by atoms with E-state index in [2.05, 4.69) is 58.4 Å². The lowest BCUT2D eigenvalue weighted by Crippen LogP contribution is -2.20. The quantitative estimate of drug-likeness (QED) is 0.869. The third-order valence-electron chi connectivity index (χ3n) is 3.40. The zero-order chi connectivity index (χ0) is 14.9. The van der Waals surface area contributed by atoms with Gasteiger partial charge in [0.2, 0.25) is 0 Å². The van der Waals surface area contributed by atoms with E-state index in [0.29, 0.717) is 0 Å². The van der Waals surface area contributed by atoms with Gasteiger partial charge >= 0.3 is 0 Å². The third kappa shape index (κ3) is 2.92. The number of nitrogens with one attached hydrogen (secondary N) is 1. The van der Waals surface area contributed by atoms with Gasteiger partial charge in [0, 0.05) is 10.5 Å². The summed E-state index contributed by atoms with van der Waals surface area (Å²) in [4.78, 5) is 0. The molecule has 0 aliphatic carbocycles. The van der Waals surface area contributed by atoms with Crippen LogP contribution in [-0.4, -0.2) is 16.3 Å². The van der Waals surface area contributed by atoms with Crippen LogP contribution in [0.25, 0.3) is 5.69 Å². The van der Waals surface area contributed by atoms with Gasteiger partial charge in [-0.25, -0.2) is 4.68 Å². The van der Waals surface area contributed by atoms with Crippen LogP contribution in [0.5, 0.6) is 0 Å². The fourth-order valence-electron chi connectivity index (χ4n) is 2.34. The van der Waals surface area contributed by atoms with Crippen molar-refractivity contribution in [2.24, 2.45) is 0 Å². The highest BCUT2D eigenvalue weighted by Crippen LogP contribution is 2.29. The molecule has 0 fully saturated rings. The summed E-state index contributed by atoms with van der Waals surface area (Å²) in [6, 6.07) is 6.52. The number of benzene rings is 1. The summed E-state index contributed by atoms with van der Waals surface area (Å²) >= 11 is 9.81. The van der Waals surface area contributed by atoms with Crippen LogP contribution in [0, 0.1) is 13.8 Å². The molecule has 108 valence electrons. The van der Waals surface area contributed by atoms with Gasteiger partial charge in [0.25, 0.3) is 0 Å². The van der Waals surface area contributed by atoms with Crippen molar-refractivity contribution in [1.29, 1.82) is 0 Å². The minimum Gasteiger partial charge on any atom is -0.310 e. The van der Waals surface area contributed by atoms with E-state index < -0.39 is 0 Å². The molecule has 0 amide bonds. The molecule has 0 aliphatic heterocycles. The summed E-state index contributed by atoms with van der Waals surface area (Å²) in [5.74, 6) is 0. The molecule has 20 heavy (non-hydrogen) atoms. The number of aryl methyl sites for hydroxylation is 1. The minimum absolute atomic E-state index is 0.255. The van der Waals surface area contributed by atoms with Crippen molar-refractivity contribution in [2.75, 3.05) is 6.54 Å². The average Bonchev–Trinajstić information content (AvgIpc) is 2.66. The molecule has 1 atom stereocenters. The molecule has 0 spiro atoms. The Kier molecular flexibility index (Phi) is 4.89. The molecule has 0 bridgehead atoms. The maximum Gasteiger partial charge on any atom is 0.0848 e. The van der Waals surface area contributed by atoms with E-state index in [1.807, 2.05) is 18.5 Å². The van der Waals surface area contributed by atoms with E-state index in [0.717, 1.165) is 33.1 Å². The van der Waals surface area contributed by atoms with Crippen molar-refractivity contribution in [3.8, 4) is 5.69 Å². The number of hydrogen-bond donors (Lipinski definition) is 1. The maximum atomic E-state index is 6.27. The van der Waals surface area contributed by atoms with Crippen molar-refractivity contribution in [3.63, 3.8) is 0 Å². The van der Waals surface area contributed by atoms with Crippen molar-refractivity contribution in [1.82, 2.24) is 15.1 Å². The largest absolute Gasteiger partial charge is 0.310 e. The van der Waals surface area contributed by atoms with Crippen LogP contribution < -0.4 is 5.32 Å². The van der Waals surface area contributed by atoms with Gasteiger partial charge in [-0.3, -0.25) is 0 Å². The smallest absolute Gasteiger partial charge is 0.0848 e. The second-order valence-electron chi connectivity index (χ2n) is 4.88. The topological polar surface area (TPSA) is 29.9 Å². The number of aromatic nitrogens is 2. The van der Waals surface area contributed by atoms with E-state index >= 15 is 0 Å². The van der Waals surface area contributed by atoms with Crippen molar-refractivity contribution in [3.05, 3.63) is 44.6 Å². The first-order valence-electron chi connectivity index (χ1n) is 6.70. The highest BCUT2D eigenvalue weighted by atomic mass is 79.9. The Balaban J connectivity index is 2.59. The lowest BCUT2D eigenvalue weighted by Gasteiger charge is -2.18. The summed E-state index contributed by atoms with van der Waals surface area (Å²) < 4.78 is 2.95. The monoisotopic (exact) mass is 355 g/mol. The van der Waals surface area contributed by atoms with E-state index in [1.54, 1.807) is 0 Å². The van der Waals surface area contributed by atoms with Gasteiger partial charge < -0.3 is 5.32 Å². The molecule has 1 heterocycles. The van der Waals surface area contributed by atoms with Gasteiger partial charge in [-0.05, 0) is 45.0 Å². The van der Waals surface area contributed by atoms with Gasteiger partial charge in [-0.1, -0.05) is 40.5 Å². The SMILES string of the molecule is CCNC(C)c1ccc(Br)cc1-n1nc(C)c(Cl)c1C. The summed E-state index contributed by atoms with van der Waals surface area (Å²) in [6.45, 7) is 9.11. The zero-order valence-corrected chi connectivity index (χ0v) is 14.5. The Morgan fingerprint density at radius 2 is 2.10 bits per heavy atom. The Morgan fingerprint density at radius 1 is 1.40 bits per heavy atom. The second-order valence-corrected chi connectivity index (χ2v) is 6.17. The van der Waals surface area contributed by atoms with Crippen molar-refractivity contribution < 1.29 is 0 Å². The van der Waals surface area contributed by atoms with Gasteiger partial charge in [0.1, 0.15) is 0 Å². The molecular weight excluding hydrogens is 338 g/mol. The predicted molar refractivity (Wildman–Crippen MR) is 87.8 cm³/mol. The molecule has 5 heteroatoms. The number of hydrogen-bond acceptors (Lipinski definition) is 2.